The number of carbonyl (C=O) groups excluding carboxylic acids is 2. The van der Waals surface area contributed by atoms with Crippen LogP contribution in [-0.2, 0) is 9.59 Å². The summed E-state index contributed by atoms with van der Waals surface area (Å²) in [6.07, 6.45) is 0. The number of nitrogens with one attached hydrogen (secondary N) is 1. The third-order valence-electron chi connectivity index (χ3n) is 5.60. The molecule has 1 heterocycles. The first-order valence-corrected chi connectivity index (χ1v) is 10.8. The van der Waals surface area contributed by atoms with Gasteiger partial charge in [0.25, 0.3) is 11.8 Å². The molecule has 0 saturated carbocycles. The van der Waals surface area contributed by atoms with Crippen LogP contribution >= 0.6 is 0 Å². The van der Waals surface area contributed by atoms with Crippen LogP contribution < -0.4 is 15.0 Å². The number of rotatable bonds is 6. The number of fused-ring (bicyclic) bond motifs is 1. The van der Waals surface area contributed by atoms with Crippen molar-refractivity contribution in [2.75, 3.05) is 16.8 Å². The van der Waals surface area contributed by atoms with Gasteiger partial charge < -0.3 is 10.1 Å². The van der Waals surface area contributed by atoms with E-state index in [0.29, 0.717) is 29.2 Å². The van der Waals surface area contributed by atoms with Crippen LogP contribution in [0.4, 0.5) is 11.4 Å². The van der Waals surface area contributed by atoms with Gasteiger partial charge in [0.15, 0.2) is 0 Å². The third-order valence-corrected chi connectivity index (χ3v) is 5.60. The fourth-order valence-corrected chi connectivity index (χ4v) is 4.08. The van der Waals surface area contributed by atoms with E-state index in [2.05, 4.69) is 5.32 Å². The molecule has 4 aromatic carbocycles. The molecule has 1 aliphatic rings. The Labute approximate surface area is 191 Å². The number of anilines is 2. The van der Waals surface area contributed by atoms with E-state index in [-0.39, 0.29) is 17.5 Å². The molecule has 0 spiro atoms. The van der Waals surface area contributed by atoms with E-state index in [1.807, 2.05) is 91.9 Å². The summed E-state index contributed by atoms with van der Waals surface area (Å²) in [6, 6.07) is 30.0. The van der Waals surface area contributed by atoms with Crippen LogP contribution in [0.2, 0.25) is 0 Å². The van der Waals surface area contributed by atoms with Gasteiger partial charge in [0.2, 0.25) is 0 Å². The Hall–Kier alpha value is -4.38. The molecule has 1 N–H and O–H groups in total. The molecule has 2 amide bonds. The van der Waals surface area contributed by atoms with E-state index in [0.717, 1.165) is 16.5 Å². The molecule has 0 bridgehead atoms. The smallest absolute Gasteiger partial charge is 0.282 e. The van der Waals surface area contributed by atoms with Gasteiger partial charge in [-0.2, -0.15) is 0 Å². The molecule has 5 heteroatoms. The summed E-state index contributed by atoms with van der Waals surface area (Å²) in [5.41, 5.74) is 2.54. The first-order valence-electron chi connectivity index (χ1n) is 10.8. The second-order valence-corrected chi connectivity index (χ2v) is 7.64. The second-order valence-electron chi connectivity index (χ2n) is 7.64. The van der Waals surface area contributed by atoms with Gasteiger partial charge >= 0.3 is 0 Å². The summed E-state index contributed by atoms with van der Waals surface area (Å²) < 4.78 is 5.54. The van der Waals surface area contributed by atoms with Crippen molar-refractivity contribution in [3.8, 4) is 5.75 Å². The van der Waals surface area contributed by atoms with Crippen LogP contribution in [0, 0.1) is 0 Å². The normalized spacial score (nSPS) is 13.7. The first kappa shape index (κ1) is 20.5. The fraction of sp³-hybridized carbons (Fsp3) is 0.0714. The largest absolute Gasteiger partial charge is 0.494 e. The highest BCUT2D eigenvalue weighted by atomic mass is 16.5. The summed E-state index contributed by atoms with van der Waals surface area (Å²) in [6.45, 7) is 2.47. The minimum Gasteiger partial charge on any atom is -0.494 e. The molecule has 5 rings (SSSR count). The first-order chi connectivity index (χ1) is 16.2. The van der Waals surface area contributed by atoms with E-state index in [9.17, 15) is 9.59 Å². The Morgan fingerprint density at radius 1 is 0.758 bits per heavy atom. The maximum atomic E-state index is 13.6. The van der Waals surface area contributed by atoms with Gasteiger partial charge in [-0.05, 0) is 48.2 Å². The lowest BCUT2D eigenvalue weighted by Gasteiger charge is -2.15. The van der Waals surface area contributed by atoms with E-state index < -0.39 is 0 Å². The quantitative estimate of drug-likeness (QED) is 0.399. The SMILES string of the molecule is CCOc1ccc(C2=C(Nc3cccc4ccccc34)C(=O)N(c3ccccc3)C2=O)cc1. The zero-order chi connectivity index (χ0) is 22.8. The molecule has 162 valence electrons. The van der Waals surface area contributed by atoms with E-state index in [4.69, 9.17) is 4.74 Å². The number of benzene rings is 4. The summed E-state index contributed by atoms with van der Waals surface area (Å²) in [7, 11) is 0. The van der Waals surface area contributed by atoms with E-state index in [1.165, 1.54) is 4.90 Å². The van der Waals surface area contributed by atoms with Gasteiger partial charge in [-0.1, -0.05) is 66.7 Å². The van der Waals surface area contributed by atoms with Crippen LogP contribution in [0.1, 0.15) is 12.5 Å². The summed E-state index contributed by atoms with van der Waals surface area (Å²) in [5.74, 6) is -0.0387. The number of amides is 2. The molecule has 1 aliphatic heterocycles. The van der Waals surface area contributed by atoms with Crippen molar-refractivity contribution >= 4 is 39.5 Å². The predicted octanol–water partition coefficient (Wildman–Crippen LogP) is 5.64. The Balaban J connectivity index is 1.63. The number of imide groups is 1. The minimum atomic E-state index is -0.386. The Morgan fingerprint density at radius 3 is 2.21 bits per heavy atom. The monoisotopic (exact) mass is 434 g/mol. The molecule has 33 heavy (non-hydrogen) atoms. The molecular formula is C28H22N2O3. The number of para-hydroxylation sites is 1. The van der Waals surface area contributed by atoms with Gasteiger partial charge in [-0.3, -0.25) is 9.59 Å². The number of nitrogens with zero attached hydrogens (tertiary/aromatic N) is 1. The molecule has 0 aromatic heterocycles. The van der Waals surface area contributed by atoms with Crippen LogP contribution in [0.15, 0.2) is 103 Å². The Bertz CT molecular complexity index is 1370. The number of carbonyl (C=O) groups is 2. The molecule has 0 radical (unpaired) electrons. The fourth-order valence-electron chi connectivity index (χ4n) is 4.08. The molecule has 4 aromatic rings. The van der Waals surface area contributed by atoms with Crippen molar-refractivity contribution in [1.29, 1.82) is 0 Å². The highest BCUT2D eigenvalue weighted by Gasteiger charge is 2.40. The molecule has 0 aliphatic carbocycles. The van der Waals surface area contributed by atoms with Gasteiger partial charge in [0.05, 0.1) is 17.9 Å². The van der Waals surface area contributed by atoms with Crippen molar-refractivity contribution in [2.45, 2.75) is 6.92 Å². The molecule has 0 fully saturated rings. The molecule has 0 saturated heterocycles. The zero-order valence-electron chi connectivity index (χ0n) is 18.1. The number of hydrogen-bond donors (Lipinski definition) is 1. The summed E-state index contributed by atoms with van der Waals surface area (Å²) in [4.78, 5) is 28.4. The van der Waals surface area contributed by atoms with E-state index in [1.54, 1.807) is 12.1 Å². The Morgan fingerprint density at radius 2 is 1.45 bits per heavy atom. The van der Waals surface area contributed by atoms with Gasteiger partial charge in [-0.15, -0.1) is 0 Å². The summed E-state index contributed by atoms with van der Waals surface area (Å²) >= 11 is 0. The van der Waals surface area contributed by atoms with Crippen LogP contribution in [0.25, 0.3) is 16.3 Å². The zero-order valence-corrected chi connectivity index (χ0v) is 18.1. The summed E-state index contributed by atoms with van der Waals surface area (Å²) in [5, 5.41) is 5.30. The maximum absolute atomic E-state index is 13.6. The van der Waals surface area contributed by atoms with Crippen molar-refractivity contribution in [3.63, 3.8) is 0 Å². The second kappa shape index (κ2) is 8.63. The average molecular weight is 434 g/mol. The van der Waals surface area contributed by atoms with Crippen LogP contribution in [0.3, 0.4) is 0 Å². The number of hydrogen-bond acceptors (Lipinski definition) is 4. The lowest BCUT2D eigenvalue weighted by atomic mass is 10.0. The molecular weight excluding hydrogens is 412 g/mol. The standard InChI is InChI=1S/C28H22N2O3/c1-2-33-22-17-15-20(16-18-22)25-26(28(32)30(27(25)31)21-11-4-3-5-12-21)29-24-14-8-10-19-9-6-7-13-23(19)24/h3-18,29H,2H2,1H3. The minimum absolute atomic E-state index is 0.254. The maximum Gasteiger partial charge on any atom is 0.282 e. The van der Waals surface area contributed by atoms with Gasteiger partial charge in [-0.25, -0.2) is 4.90 Å². The lowest BCUT2D eigenvalue weighted by Crippen LogP contribution is -2.32. The highest BCUT2D eigenvalue weighted by molar-refractivity contribution is 6.46. The topological polar surface area (TPSA) is 58.6 Å². The molecule has 0 unspecified atom stereocenters. The molecule has 5 nitrogen and oxygen atoms in total. The van der Waals surface area contributed by atoms with Crippen molar-refractivity contribution in [2.24, 2.45) is 0 Å². The highest BCUT2D eigenvalue weighted by Crippen LogP contribution is 2.35. The molecule has 0 atom stereocenters. The average Bonchev–Trinajstić information content (AvgIpc) is 3.10. The Kier molecular flexibility index (Phi) is 5.37. The third kappa shape index (κ3) is 3.74. The van der Waals surface area contributed by atoms with Gasteiger partial charge in [0.1, 0.15) is 11.4 Å². The predicted molar refractivity (Wildman–Crippen MR) is 131 cm³/mol. The van der Waals surface area contributed by atoms with Crippen molar-refractivity contribution in [1.82, 2.24) is 0 Å². The van der Waals surface area contributed by atoms with Crippen molar-refractivity contribution in [3.05, 3.63) is 108 Å². The lowest BCUT2D eigenvalue weighted by molar-refractivity contribution is -0.120. The van der Waals surface area contributed by atoms with Crippen LogP contribution in [0.5, 0.6) is 5.75 Å². The van der Waals surface area contributed by atoms with Crippen LogP contribution in [-0.4, -0.2) is 18.4 Å². The van der Waals surface area contributed by atoms with Crippen molar-refractivity contribution < 1.29 is 14.3 Å². The van der Waals surface area contributed by atoms with E-state index >= 15 is 0 Å². The number of ether oxygens (including phenoxy) is 1. The van der Waals surface area contributed by atoms with Gasteiger partial charge in [0, 0.05) is 11.1 Å².